The van der Waals surface area contributed by atoms with Crippen LogP contribution in [0.5, 0.6) is 0 Å². The molecule has 0 aliphatic carbocycles. The third kappa shape index (κ3) is 4.11. The van der Waals surface area contributed by atoms with E-state index in [1.54, 1.807) is 18.2 Å². The number of rotatable bonds is 0. The van der Waals surface area contributed by atoms with E-state index in [-0.39, 0.29) is 41.4 Å². The standard InChI is InChI=1S/C19H26N4O4S/c1-14-11-21-17(24)15-6-5-7-16(10-15)28(26,27)23(2)9-4-3-8-19(12-20-13-19)18(25)22-14/h3-7,10,14,20H,8-9,11-13H2,1-2H3,(H,21,24)(H,22,25)/b4-3-/t14-/m1/s1. The number of sulfonamides is 1. The molecule has 1 atom stereocenters. The van der Waals surface area contributed by atoms with E-state index < -0.39 is 15.4 Å². The van der Waals surface area contributed by atoms with E-state index in [1.807, 2.05) is 13.0 Å². The quantitative estimate of drug-likeness (QED) is 0.530. The topological polar surface area (TPSA) is 108 Å². The number of allylic oxidation sites excluding steroid dienone is 1. The Morgan fingerprint density at radius 1 is 1.18 bits per heavy atom. The lowest BCUT2D eigenvalue weighted by Crippen LogP contribution is -2.62. The highest BCUT2D eigenvalue weighted by Gasteiger charge is 2.43. The van der Waals surface area contributed by atoms with Crippen molar-refractivity contribution in [1.29, 1.82) is 0 Å². The van der Waals surface area contributed by atoms with E-state index in [4.69, 9.17) is 0 Å². The maximum Gasteiger partial charge on any atom is 0.251 e. The van der Waals surface area contributed by atoms with Crippen LogP contribution in [0.4, 0.5) is 0 Å². The van der Waals surface area contributed by atoms with Crippen molar-refractivity contribution in [1.82, 2.24) is 20.3 Å². The molecule has 2 heterocycles. The number of benzene rings is 1. The van der Waals surface area contributed by atoms with Crippen molar-refractivity contribution in [3.05, 3.63) is 42.0 Å². The monoisotopic (exact) mass is 406 g/mol. The lowest BCUT2D eigenvalue weighted by molar-refractivity contribution is -0.134. The van der Waals surface area contributed by atoms with Crippen molar-refractivity contribution >= 4 is 21.8 Å². The minimum atomic E-state index is -3.72. The molecule has 9 heteroatoms. The number of nitrogens with one attached hydrogen (secondary N) is 3. The minimum Gasteiger partial charge on any atom is -0.351 e. The van der Waals surface area contributed by atoms with Gasteiger partial charge in [0.15, 0.2) is 0 Å². The van der Waals surface area contributed by atoms with Crippen LogP contribution in [0.1, 0.15) is 23.7 Å². The van der Waals surface area contributed by atoms with Crippen LogP contribution in [0.25, 0.3) is 0 Å². The second kappa shape index (κ2) is 8.02. The zero-order valence-electron chi connectivity index (χ0n) is 16.1. The molecule has 1 aromatic rings. The minimum absolute atomic E-state index is 0.0623. The van der Waals surface area contributed by atoms with Gasteiger partial charge in [-0.25, -0.2) is 8.42 Å². The molecule has 2 aliphatic rings. The van der Waals surface area contributed by atoms with Crippen molar-refractivity contribution in [2.24, 2.45) is 5.41 Å². The molecule has 0 radical (unpaired) electrons. The van der Waals surface area contributed by atoms with Gasteiger partial charge in [0.2, 0.25) is 15.9 Å². The highest BCUT2D eigenvalue weighted by Crippen LogP contribution is 2.28. The predicted molar refractivity (Wildman–Crippen MR) is 105 cm³/mol. The number of likely N-dealkylation sites (N-methyl/N-ethyl adjacent to an activating group) is 1. The molecule has 28 heavy (non-hydrogen) atoms. The van der Waals surface area contributed by atoms with E-state index in [9.17, 15) is 18.0 Å². The molecule has 2 aliphatic heterocycles. The van der Waals surface area contributed by atoms with Gasteiger partial charge in [0.05, 0.1) is 10.3 Å². The molecule has 2 amide bonds. The fourth-order valence-corrected chi connectivity index (χ4v) is 4.38. The summed E-state index contributed by atoms with van der Waals surface area (Å²) in [4.78, 5) is 25.2. The number of carbonyl (C=O) groups excluding carboxylic acids is 2. The lowest BCUT2D eigenvalue weighted by atomic mass is 9.77. The lowest BCUT2D eigenvalue weighted by Gasteiger charge is -2.41. The van der Waals surface area contributed by atoms with Crippen molar-refractivity contribution in [3.63, 3.8) is 0 Å². The molecule has 1 fully saturated rings. The largest absolute Gasteiger partial charge is 0.351 e. The molecular formula is C19H26N4O4S. The first-order valence-electron chi connectivity index (χ1n) is 9.26. The molecule has 1 spiro atoms. The van der Waals surface area contributed by atoms with Crippen LogP contribution in [0.3, 0.4) is 0 Å². The van der Waals surface area contributed by atoms with Crippen molar-refractivity contribution in [3.8, 4) is 0 Å². The van der Waals surface area contributed by atoms with Crippen LogP contribution < -0.4 is 16.0 Å². The van der Waals surface area contributed by atoms with Crippen LogP contribution >= 0.6 is 0 Å². The van der Waals surface area contributed by atoms with Gasteiger partial charge in [-0.3, -0.25) is 9.59 Å². The van der Waals surface area contributed by atoms with Gasteiger partial charge in [0.25, 0.3) is 5.91 Å². The molecule has 2 bridgehead atoms. The van der Waals surface area contributed by atoms with E-state index in [2.05, 4.69) is 16.0 Å². The van der Waals surface area contributed by atoms with Crippen LogP contribution in [0, 0.1) is 5.41 Å². The molecule has 0 aromatic heterocycles. The Morgan fingerprint density at radius 3 is 2.61 bits per heavy atom. The van der Waals surface area contributed by atoms with Gasteiger partial charge in [-0.1, -0.05) is 18.2 Å². The Labute approximate surface area is 165 Å². The highest BCUT2D eigenvalue weighted by atomic mass is 32.2. The Kier molecular flexibility index (Phi) is 5.87. The summed E-state index contributed by atoms with van der Waals surface area (Å²) < 4.78 is 26.8. The number of carbonyl (C=O) groups is 2. The van der Waals surface area contributed by atoms with Crippen LogP contribution in [0.15, 0.2) is 41.3 Å². The summed E-state index contributed by atoms with van der Waals surface area (Å²) in [6, 6.07) is 5.72. The molecule has 3 N–H and O–H groups in total. The fourth-order valence-electron chi connectivity index (χ4n) is 3.21. The molecule has 1 aromatic carbocycles. The third-order valence-electron chi connectivity index (χ3n) is 5.20. The van der Waals surface area contributed by atoms with Gasteiger partial charge < -0.3 is 16.0 Å². The molecule has 0 unspecified atom stereocenters. The van der Waals surface area contributed by atoms with Crippen LogP contribution in [-0.2, 0) is 14.8 Å². The molecular weight excluding hydrogens is 380 g/mol. The number of hydrogen-bond acceptors (Lipinski definition) is 5. The second-order valence-electron chi connectivity index (χ2n) is 7.46. The van der Waals surface area contributed by atoms with Gasteiger partial charge in [-0.2, -0.15) is 4.31 Å². The highest BCUT2D eigenvalue weighted by molar-refractivity contribution is 7.89. The Bertz CT molecular complexity index is 893. The number of nitrogens with zero attached hydrogens (tertiary/aromatic N) is 1. The summed E-state index contributed by atoms with van der Waals surface area (Å²) in [6.07, 6.45) is 4.15. The molecule has 0 saturated carbocycles. The van der Waals surface area contributed by atoms with Gasteiger partial charge in [0, 0.05) is 44.8 Å². The van der Waals surface area contributed by atoms with E-state index in [0.717, 1.165) is 0 Å². The van der Waals surface area contributed by atoms with E-state index in [0.29, 0.717) is 19.5 Å². The summed E-state index contributed by atoms with van der Waals surface area (Å²) in [7, 11) is -2.23. The molecule has 1 saturated heterocycles. The van der Waals surface area contributed by atoms with Crippen molar-refractivity contribution in [2.45, 2.75) is 24.3 Å². The number of fused-ring (bicyclic) bond motifs is 2. The fraction of sp³-hybridized carbons (Fsp3) is 0.474. The maximum atomic E-state index is 12.8. The molecule has 152 valence electrons. The van der Waals surface area contributed by atoms with Crippen molar-refractivity contribution < 1.29 is 18.0 Å². The average Bonchev–Trinajstić information content (AvgIpc) is 2.63. The first-order chi connectivity index (χ1) is 13.2. The number of hydrogen-bond donors (Lipinski definition) is 3. The van der Waals surface area contributed by atoms with E-state index >= 15 is 0 Å². The average molecular weight is 407 g/mol. The normalized spacial score (nSPS) is 26.7. The summed E-state index contributed by atoms with van der Waals surface area (Å²) in [6.45, 7) is 3.40. The van der Waals surface area contributed by atoms with Gasteiger partial charge in [-0.05, 0) is 31.5 Å². The zero-order chi connectivity index (χ0) is 20.4. The first-order valence-corrected chi connectivity index (χ1v) is 10.7. The van der Waals surface area contributed by atoms with Gasteiger partial charge in [0.1, 0.15) is 0 Å². The SMILES string of the molecule is C[C@@H]1CNC(=O)c2cccc(c2)S(=O)(=O)N(C)C/C=C\CC2(CNC2)C(=O)N1. The smallest absolute Gasteiger partial charge is 0.251 e. The van der Waals surface area contributed by atoms with Gasteiger partial charge in [-0.15, -0.1) is 0 Å². The molecule has 3 rings (SSSR count). The van der Waals surface area contributed by atoms with Crippen LogP contribution in [-0.4, -0.2) is 63.8 Å². The zero-order valence-corrected chi connectivity index (χ0v) is 16.9. The maximum absolute atomic E-state index is 12.8. The Morgan fingerprint density at radius 2 is 1.93 bits per heavy atom. The number of amides is 2. The summed E-state index contributed by atoms with van der Waals surface area (Å²) in [5.74, 6) is -0.444. The Balaban J connectivity index is 1.90. The third-order valence-corrected chi connectivity index (χ3v) is 7.02. The van der Waals surface area contributed by atoms with Gasteiger partial charge >= 0.3 is 0 Å². The van der Waals surface area contributed by atoms with E-state index in [1.165, 1.54) is 23.5 Å². The summed E-state index contributed by atoms with van der Waals surface area (Å²) in [5, 5.41) is 8.86. The predicted octanol–water partition coefficient (Wildman–Crippen LogP) is 0.0911. The van der Waals surface area contributed by atoms with Crippen molar-refractivity contribution in [2.75, 3.05) is 33.2 Å². The summed E-state index contributed by atoms with van der Waals surface area (Å²) in [5.41, 5.74) is -0.275. The van der Waals surface area contributed by atoms with Crippen LogP contribution in [0.2, 0.25) is 0 Å². The molecule has 8 nitrogen and oxygen atoms in total. The Hall–Kier alpha value is -2.23. The summed E-state index contributed by atoms with van der Waals surface area (Å²) >= 11 is 0. The second-order valence-corrected chi connectivity index (χ2v) is 9.50. The first kappa shape index (κ1) is 20.5.